The Kier molecular flexibility index (Phi) is 8.54. The zero-order chi connectivity index (χ0) is 27.1. The molecule has 3 N–H and O–H groups in total. The molecule has 12 heteroatoms. The van der Waals surface area contributed by atoms with Crippen molar-refractivity contribution < 1.29 is 13.7 Å². The number of amides is 1. The first kappa shape index (κ1) is 27.0. The molecule has 0 spiro atoms. The van der Waals surface area contributed by atoms with Crippen LogP contribution in [0.15, 0.2) is 59.6 Å². The van der Waals surface area contributed by atoms with Gasteiger partial charge in [0.25, 0.3) is 5.91 Å². The normalized spacial score (nSPS) is 13.5. The summed E-state index contributed by atoms with van der Waals surface area (Å²) in [7, 11) is -2.39. The summed E-state index contributed by atoms with van der Waals surface area (Å²) in [5.74, 6) is 0.894. The van der Waals surface area contributed by atoms with Crippen LogP contribution in [0.25, 0.3) is 0 Å². The highest BCUT2D eigenvalue weighted by molar-refractivity contribution is 7.92. The highest BCUT2D eigenvalue weighted by Gasteiger charge is 2.17. The van der Waals surface area contributed by atoms with E-state index in [1.54, 1.807) is 24.3 Å². The van der Waals surface area contributed by atoms with Crippen molar-refractivity contribution in [3.63, 3.8) is 0 Å². The van der Waals surface area contributed by atoms with Crippen LogP contribution in [0.2, 0.25) is 0 Å². The van der Waals surface area contributed by atoms with E-state index in [9.17, 15) is 9.00 Å². The van der Waals surface area contributed by atoms with Gasteiger partial charge in [-0.1, -0.05) is 12.1 Å². The second-order valence-electron chi connectivity index (χ2n) is 8.96. The molecule has 11 nitrogen and oxygen atoms in total. The Bertz CT molecular complexity index is 1440. The van der Waals surface area contributed by atoms with Crippen molar-refractivity contribution in [3.8, 4) is 0 Å². The van der Waals surface area contributed by atoms with E-state index in [-0.39, 0.29) is 17.3 Å². The topological polar surface area (TPSA) is 134 Å². The monoisotopic (exact) mass is 536 g/mol. The van der Waals surface area contributed by atoms with Gasteiger partial charge in [-0.2, -0.15) is 9.35 Å². The smallest absolute Gasteiger partial charge is 0.256 e. The molecule has 0 saturated carbocycles. The SMILES string of the molecule is C=CCNC(=O)c1cnc(Nc2ccc(N3CCOCC3)c(C)c2)nc1Nc1cccc(N=S(C)(C)=O)n1. The van der Waals surface area contributed by atoms with E-state index >= 15 is 0 Å². The van der Waals surface area contributed by atoms with Gasteiger partial charge in [-0.25, -0.2) is 14.2 Å². The summed E-state index contributed by atoms with van der Waals surface area (Å²) in [6.45, 7) is 9.14. The Hall–Kier alpha value is -4.03. The third-order valence-electron chi connectivity index (χ3n) is 5.54. The molecule has 1 aliphatic heterocycles. The standard InChI is InChI=1S/C26H32N8O3S/c1-5-11-27-25(35)20-17-28-26(29-19-9-10-21(18(2)16-19)34-12-14-37-15-13-34)32-24(20)31-22-7-6-8-23(30-22)33-38(3,4)36/h5-10,16-17H,1,11-15H2,2-4H3,(H,27,35)(H2,28,29,30,31,32). The van der Waals surface area contributed by atoms with Gasteiger partial charge in [0.05, 0.1) is 13.2 Å². The van der Waals surface area contributed by atoms with E-state index < -0.39 is 9.73 Å². The minimum absolute atomic E-state index is 0.232. The van der Waals surface area contributed by atoms with E-state index in [1.807, 2.05) is 12.1 Å². The van der Waals surface area contributed by atoms with Crippen LogP contribution < -0.4 is 20.9 Å². The summed E-state index contributed by atoms with van der Waals surface area (Å²) in [6.07, 6.45) is 6.11. The number of aromatic nitrogens is 3. The number of pyridine rings is 1. The maximum absolute atomic E-state index is 12.8. The lowest BCUT2D eigenvalue weighted by atomic mass is 10.1. The molecule has 0 unspecified atom stereocenters. The largest absolute Gasteiger partial charge is 0.378 e. The Labute approximate surface area is 222 Å². The number of ether oxygens (including phenoxy) is 1. The molecule has 0 atom stereocenters. The summed E-state index contributed by atoms with van der Waals surface area (Å²) in [6, 6.07) is 11.2. The van der Waals surface area contributed by atoms with Crippen molar-refractivity contribution in [1.82, 2.24) is 20.3 Å². The zero-order valence-electron chi connectivity index (χ0n) is 21.7. The highest BCUT2D eigenvalue weighted by atomic mass is 32.2. The minimum Gasteiger partial charge on any atom is -0.378 e. The molecule has 3 heterocycles. The van der Waals surface area contributed by atoms with E-state index in [0.717, 1.165) is 43.2 Å². The number of hydrogen-bond donors (Lipinski definition) is 3. The predicted octanol–water partition coefficient (Wildman–Crippen LogP) is 3.78. The fourth-order valence-corrected chi connectivity index (χ4v) is 4.43. The number of morpholine rings is 1. The molecule has 0 radical (unpaired) electrons. The predicted molar refractivity (Wildman–Crippen MR) is 152 cm³/mol. The number of anilines is 5. The number of hydrogen-bond acceptors (Lipinski definition) is 10. The van der Waals surface area contributed by atoms with Gasteiger partial charge in [0, 0.05) is 59.4 Å². The van der Waals surface area contributed by atoms with E-state index in [4.69, 9.17) is 4.74 Å². The third kappa shape index (κ3) is 7.26. The molecule has 0 aliphatic carbocycles. The van der Waals surface area contributed by atoms with E-state index in [2.05, 4.69) is 59.7 Å². The molecule has 200 valence electrons. The average Bonchev–Trinajstić information content (AvgIpc) is 2.87. The van der Waals surface area contributed by atoms with Crippen molar-refractivity contribution in [2.24, 2.45) is 4.36 Å². The number of benzene rings is 1. The number of aryl methyl sites for hydroxylation is 1. The maximum atomic E-state index is 12.8. The van der Waals surface area contributed by atoms with Crippen molar-refractivity contribution in [3.05, 3.63) is 66.4 Å². The lowest BCUT2D eigenvalue weighted by molar-refractivity contribution is 0.0958. The molecule has 4 rings (SSSR count). The molecule has 1 fully saturated rings. The van der Waals surface area contributed by atoms with Crippen molar-refractivity contribution in [2.75, 3.05) is 60.9 Å². The fourth-order valence-electron chi connectivity index (χ4n) is 3.88. The minimum atomic E-state index is -2.39. The Morgan fingerprint density at radius 1 is 1.18 bits per heavy atom. The summed E-state index contributed by atoms with van der Waals surface area (Å²) in [4.78, 5) is 28.4. The van der Waals surface area contributed by atoms with Crippen LogP contribution in [0.5, 0.6) is 0 Å². The van der Waals surface area contributed by atoms with Gasteiger partial charge < -0.3 is 25.6 Å². The number of carbonyl (C=O) groups is 1. The summed E-state index contributed by atoms with van der Waals surface area (Å²) >= 11 is 0. The lowest BCUT2D eigenvalue weighted by Gasteiger charge is -2.30. The van der Waals surface area contributed by atoms with Gasteiger partial charge in [0.15, 0.2) is 5.82 Å². The van der Waals surface area contributed by atoms with Crippen LogP contribution in [0.4, 0.5) is 34.8 Å². The van der Waals surface area contributed by atoms with Crippen molar-refractivity contribution in [2.45, 2.75) is 6.92 Å². The summed E-state index contributed by atoms with van der Waals surface area (Å²) < 4.78 is 21.7. The Morgan fingerprint density at radius 3 is 2.68 bits per heavy atom. The molecule has 1 amide bonds. The quantitative estimate of drug-likeness (QED) is 0.349. The molecule has 38 heavy (non-hydrogen) atoms. The van der Waals surface area contributed by atoms with Gasteiger partial charge in [0.1, 0.15) is 17.2 Å². The molecule has 1 aliphatic rings. The number of nitrogens with one attached hydrogen (secondary N) is 3. The number of carbonyl (C=O) groups excluding carboxylic acids is 1. The number of nitrogens with zero attached hydrogens (tertiary/aromatic N) is 5. The van der Waals surface area contributed by atoms with Crippen molar-refractivity contribution >= 4 is 50.4 Å². The van der Waals surface area contributed by atoms with E-state index in [1.165, 1.54) is 18.7 Å². The number of rotatable bonds is 9. The molecule has 1 aromatic carbocycles. The van der Waals surface area contributed by atoms with Gasteiger partial charge in [-0.15, -0.1) is 6.58 Å². The summed E-state index contributed by atoms with van der Waals surface area (Å²) in [5.41, 5.74) is 3.32. The van der Waals surface area contributed by atoms with Gasteiger partial charge in [0.2, 0.25) is 5.95 Å². The van der Waals surface area contributed by atoms with Crippen molar-refractivity contribution in [1.29, 1.82) is 0 Å². The van der Waals surface area contributed by atoms with Crippen LogP contribution in [0.3, 0.4) is 0 Å². The molecule has 3 aromatic rings. The second-order valence-corrected chi connectivity index (χ2v) is 11.5. The first-order valence-corrected chi connectivity index (χ1v) is 14.4. The average molecular weight is 537 g/mol. The van der Waals surface area contributed by atoms with Gasteiger partial charge >= 0.3 is 0 Å². The molecular formula is C26H32N8O3S. The van der Waals surface area contributed by atoms with E-state index in [0.29, 0.717) is 24.1 Å². The summed E-state index contributed by atoms with van der Waals surface area (Å²) in [5, 5.41) is 9.05. The molecule has 0 bridgehead atoms. The Morgan fingerprint density at radius 2 is 1.97 bits per heavy atom. The van der Waals surface area contributed by atoms with Crippen LogP contribution in [-0.4, -0.2) is 70.4 Å². The highest BCUT2D eigenvalue weighted by Crippen LogP contribution is 2.27. The van der Waals surface area contributed by atoms with Gasteiger partial charge in [-0.3, -0.25) is 4.79 Å². The zero-order valence-corrected chi connectivity index (χ0v) is 22.5. The second kappa shape index (κ2) is 12.0. The molecule has 1 saturated heterocycles. The Balaban J connectivity index is 1.61. The van der Waals surface area contributed by atoms with Crippen LogP contribution in [-0.2, 0) is 14.5 Å². The first-order chi connectivity index (χ1) is 18.2. The fraction of sp³-hybridized carbons (Fsp3) is 0.308. The van der Waals surface area contributed by atoms with Crippen LogP contribution in [0.1, 0.15) is 15.9 Å². The third-order valence-corrected chi connectivity index (χ3v) is 6.17. The van der Waals surface area contributed by atoms with Crippen LogP contribution >= 0.6 is 0 Å². The first-order valence-electron chi connectivity index (χ1n) is 12.1. The maximum Gasteiger partial charge on any atom is 0.256 e. The molecule has 2 aromatic heterocycles. The van der Waals surface area contributed by atoms with Gasteiger partial charge in [-0.05, 0) is 42.8 Å². The lowest BCUT2D eigenvalue weighted by Crippen LogP contribution is -2.36. The molecular weight excluding hydrogens is 504 g/mol. The van der Waals surface area contributed by atoms with Crippen LogP contribution in [0, 0.1) is 6.92 Å².